The van der Waals surface area contributed by atoms with Gasteiger partial charge in [0.05, 0.1) is 45.3 Å². The average Bonchev–Trinajstić information content (AvgIpc) is 3.38. The summed E-state index contributed by atoms with van der Waals surface area (Å²) in [5.74, 6) is 3.36. The van der Waals surface area contributed by atoms with Crippen molar-refractivity contribution in [2.24, 2.45) is 0 Å². The number of hydrogen-bond donors (Lipinski definition) is 1. The normalized spacial score (nSPS) is 11.5. The first kappa shape index (κ1) is 30.7. The molecule has 0 unspecified atom stereocenters. The van der Waals surface area contributed by atoms with Crippen molar-refractivity contribution in [3.8, 4) is 56.9 Å². The van der Waals surface area contributed by atoms with E-state index < -0.39 is 5.63 Å². The van der Waals surface area contributed by atoms with Crippen molar-refractivity contribution in [2.45, 2.75) is 59.9 Å². The van der Waals surface area contributed by atoms with Crippen LogP contribution in [0.2, 0.25) is 0 Å². The summed E-state index contributed by atoms with van der Waals surface area (Å²) in [5, 5.41) is 1.35. The third-order valence-electron chi connectivity index (χ3n) is 6.93. The molecule has 9 heteroatoms. The Morgan fingerprint density at radius 3 is 1.66 bits per heavy atom. The fourth-order valence-corrected chi connectivity index (χ4v) is 5.25. The second kappa shape index (κ2) is 12.4. The van der Waals surface area contributed by atoms with Crippen molar-refractivity contribution in [3.63, 3.8) is 0 Å². The van der Waals surface area contributed by atoms with Gasteiger partial charge in [-0.05, 0) is 83.5 Å². The van der Waals surface area contributed by atoms with E-state index in [2.05, 4.69) is 4.98 Å². The molecule has 0 saturated carbocycles. The predicted molar refractivity (Wildman–Crippen MR) is 172 cm³/mol. The van der Waals surface area contributed by atoms with Gasteiger partial charge in [-0.15, -0.1) is 0 Å². The average molecular weight is 602 g/mol. The molecule has 0 spiro atoms. The topological polar surface area (TPSA) is 101 Å². The van der Waals surface area contributed by atoms with Gasteiger partial charge in [-0.25, -0.2) is 4.79 Å². The Labute approximate surface area is 256 Å². The molecule has 5 rings (SSSR count). The fraction of sp³-hybridized carbons (Fsp3) is 0.343. The first-order valence-corrected chi connectivity index (χ1v) is 14.6. The van der Waals surface area contributed by atoms with Gasteiger partial charge in [0.15, 0.2) is 34.5 Å². The highest BCUT2D eigenvalue weighted by atomic mass is 16.5. The van der Waals surface area contributed by atoms with E-state index in [0.717, 1.165) is 16.7 Å². The minimum atomic E-state index is -0.515. The van der Waals surface area contributed by atoms with Crippen molar-refractivity contribution in [1.82, 2.24) is 4.98 Å². The van der Waals surface area contributed by atoms with Crippen LogP contribution in [0.25, 0.3) is 44.3 Å². The second-order valence-corrected chi connectivity index (χ2v) is 11.2. The summed E-state index contributed by atoms with van der Waals surface area (Å²) in [5.41, 5.74) is 3.21. The molecule has 9 nitrogen and oxygen atoms in total. The van der Waals surface area contributed by atoms with E-state index in [9.17, 15) is 4.79 Å². The summed E-state index contributed by atoms with van der Waals surface area (Å²) in [6, 6.07) is 15.0. The number of nitrogens with one attached hydrogen (secondary N) is 1. The van der Waals surface area contributed by atoms with Crippen LogP contribution in [0.5, 0.6) is 34.5 Å². The number of aromatic amines is 1. The monoisotopic (exact) mass is 601 g/mol. The van der Waals surface area contributed by atoms with Crippen LogP contribution in [0, 0.1) is 0 Å². The maximum absolute atomic E-state index is 13.5. The van der Waals surface area contributed by atoms with Gasteiger partial charge in [-0.2, -0.15) is 0 Å². The lowest BCUT2D eigenvalue weighted by Crippen LogP contribution is -2.07. The van der Waals surface area contributed by atoms with Gasteiger partial charge in [0, 0.05) is 28.0 Å². The molecule has 0 amide bonds. The van der Waals surface area contributed by atoms with Crippen LogP contribution in [0.15, 0.2) is 57.7 Å². The summed E-state index contributed by atoms with van der Waals surface area (Å²) in [7, 11) is 4.79. The fourth-order valence-electron chi connectivity index (χ4n) is 5.25. The van der Waals surface area contributed by atoms with Crippen molar-refractivity contribution < 1.29 is 32.8 Å². The molecule has 3 aromatic carbocycles. The SMILES string of the molecule is COc1cc(-c2[nH]c3c(=O)oc4cc(OC(C)C)c(OC)cc4c3c2-c2ccc(OC(C)C)c(OC)c2)ccc1OC(C)C. The van der Waals surface area contributed by atoms with Crippen LogP contribution in [0.1, 0.15) is 41.5 Å². The highest BCUT2D eigenvalue weighted by molar-refractivity contribution is 6.16. The van der Waals surface area contributed by atoms with Crippen molar-refractivity contribution in [3.05, 3.63) is 59.0 Å². The molecule has 2 aromatic heterocycles. The molecular formula is C35H39NO8. The van der Waals surface area contributed by atoms with E-state index in [-0.39, 0.29) is 18.3 Å². The quantitative estimate of drug-likeness (QED) is 0.152. The van der Waals surface area contributed by atoms with Crippen LogP contribution in [-0.4, -0.2) is 44.6 Å². The number of hydrogen-bond acceptors (Lipinski definition) is 8. The maximum atomic E-state index is 13.5. The standard InChI is InChI=1S/C35H39NO8/c1-18(2)41-24-12-10-21(14-27(24)38-7)31-32-23-16-29(40-9)30(43-20(5)6)17-26(23)44-35(37)34(32)36-33(31)22-11-13-25(42-19(3)4)28(15-22)39-8/h10-20,36H,1-9H3. The number of benzene rings is 3. The van der Waals surface area contributed by atoms with Crippen LogP contribution >= 0.6 is 0 Å². The Balaban J connectivity index is 1.87. The van der Waals surface area contributed by atoms with Crippen LogP contribution in [0.4, 0.5) is 0 Å². The zero-order valence-corrected chi connectivity index (χ0v) is 26.6. The van der Waals surface area contributed by atoms with Crippen LogP contribution < -0.4 is 34.0 Å². The van der Waals surface area contributed by atoms with Gasteiger partial charge >= 0.3 is 5.63 Å². The van der Waals surface area contributed by atoms with E-state index in [1.54, 1.807) is 27.4 Å². The van der Waals surface area contributed by atoms with E-state index >= 15 is 0 Å². The lowest BCUT2D eigenvalue weighted by atomic mass is 9.96. The van der Waals surface area contributed by atoms with Gasteiger partial charge in [0.2, 0.25) is 0 Å². The van der Waals surface area contributed by atoms with Crippen molar-refractivity contribution in [2.75, 3.05) is 21.3 Å². The molecule has 0 radical (unpaired) electrons. The number of methoxy groups -OCH3 is 3. The van der Waals surface area contributed by atoms with Crippen molar-refractivity contribution >= 4 is 21.9 Å². The number of aromatic nitrogens is 1. The van der Waals surface area contributed by atoms with Crippen LogP contribution in [0.3, 0.4) is 0 Å². The van der Waals surface area contributed by atoms with E-state index in [1.165, 1.54) is 0 Å². The third-order valence-corrected chi connectivity index (χ3v) is 6.93. The minimum Gasteiger partial charge on any atom is -0.493 e. The molecule has 44 heavy (non-hydrogen) atoms. The van der Waals surface area contributed by atoms with Crippen LogP contribution in [-0.2, 0) is 0 Å². The lowest BCUT2D eigenvalue weighted by molar-refractivity contribution is 0.230. The molecule has 2 heterocycles. The number of rotatable bonds is 11. The van der Waals surface area contributed by atoms with Gasteiger partial charge in [-0.1, -0.05) is 6.07 Å². The molecule has 232 valence electrons. The second-order valence-electron chi connectivity index (χ2n) is 11.2. The largest absolute Gasteiger partial charge is 0.493 e. The minimum absolute atomic E-state index is 0.0343. The summed E-state index contributed by atoms with van der Waals surface area (Å²) in [6.07, 6.45) is -0.184. The Hall–Kier alpha value is -4.79. The third kappa shape index (κ3) is 5.86. The number of fused-ring (bicyclic) bond motifs is 3. The maximum Gasteiger partial charge on any atom is 0.360 e. The van der Waals surface area contributed by atoms with E-state index in [4.69, 9.17) is 32.8 Å². The summed E-state index contributed by atoms with van der Waals surface area (Å²) >= 11 is 0. The van der Waals surface area contributed by atoms with Gasteiger partial charge in [0.1, 0.15) is 11.1 Å². The van der Waals surface area contributed by atoms with Crippen molar-refractivity contribution in [1.29, 1.82) is 0 Å². The molecule has 5 aromatic rings. The first-order chi connectivity index (χ1) is 21.0. The zero-order valence-electron chi connectivity index (χ0n) is 26.6. The lowest BCUT2D eigenvalue weighted by Gasteiger charge is -2.17. The summed E-state index contributed by atoms with van der Waals surface area (Å²) in [4.78, 5) is 16.9. The predicted octanol–water partition coefficient (Wildman–Crippen LogP) is 8.00. The molecular weight excluding hydrogens is 562 g/mol. The zero-order chi connectivity index (χ0) is 31.7. The Morgan fingerprint density at radius 1 is 0.614 bits per heavy atom. The Bertz CT molecular complexity index is 1870. The molecule has 0 aliphatic heterocycles. The molecule has 0 atom stereocenters. The molecule has 0 bridgehead atoms. The molecule has 1 N–H and O–H groups in total. The molecule has 0 fully saturated rings. The van der Waals surface area contributed by atoms with Gasteiger partial charge < -0.3 is 37.8 Å². The molecule has 0 aliphatic carbocycles. The summed E-state index contributed by atoms with van der Waals surface area (Å²) < 4.78 is 40.9. The highest BCUT2D eigenvalue weighted by Crippen LogP contribution is 2.46. The van der Waals surface area contributed by atoms with Gasteiger partial charge in [-0.3, -0.25) is 0 Å². The van der Waals surface area contributed by atoms with E-state index in [1.807, 2.05) is 84.0 Å². The van der Waals surface area contributed by atoms with Gasteiger partial charge in [0.25, 0.3) is 0 Å². The smallest absolute Gasteiger partial charge is 0.360 e. The number of H-pyrrole nitrogens is 1. The van der Waals surface area contributed by atoms with E-state index in [0.29, 0.717) is 62.1 Å². The Morgan fingerprint density at radius 2 is 1.11 bits per heavy atom. The Kier molecular flexibility index (Phi) is 8.67. The molecule has 0 aliphatic rings. The first-order valence-electron chi connectivity index (χ1n) is 14.6. The molecule has 0 saturated heterocycles. The number of ether oxygens (including phenoxy) is 6. The highest BCUT2D eigenvalue weighted by Gasteiger charge is 2.24. The summed E-state index contributed by atoms with van der Waals surface area (Å²) in [6.45, 7) is 11.7.